The third kappa shape index (κ3) is 18.0. The molecule has 3 heterocycles. The highest BCUT2D eigenvalue weighted by Gasteiger charge is 2.35. The lowest BCUT2D eigenvalue weighted by Crippen LogP contribution is -2.30. The molecule has 0 saturated carbocycles. The molecule has 12 rings (SSSR count). The van der Waals surface area contributed by atoms with E-state index in [4.69, 9.17) is 0 Å². The van der Waals surface area contributed by atoms with E-state index in [1.54, 1.807) is 0 Å². The van der Waals surface area contributed by atoms with Crippen molar-refractivity contribution in [2.24, 2.45) is 0 Å². The number of carbonyl (C=O) groups excluding carboxylic acids is 3. The normalized spacial score (nSPS) is 14.1. The zero-order chi connectivity index (χ0) is 61.2. The summed E-state index contributed by atoms with van der Waals surface area (Å²) in [7, 11) is 0.401. The summed E-state index contributed by atoms with van der Waals surface area (Å²) in [5.41, 5.74) is 9.97. The van der Waals surface area contributed by atoms with Gasteiger partial charge in [0.1, 0.15) is 0 Å². The number of amides is 4. The first kappa shape index (κ1) is 63.3. The lowest BCUT2D eigenvalue weighted by Gasteiger charge is -2.32. The second-order valence-corrected chi connectivity index (χ2v) is 28.0. The molecule has 0 spiro atoms. The Morgan fingerprint density at radius 3 is 0.944 bits per heavy atom. The Hall–Kier alpha value is -8.72. The molecule has 89 heavy (non-hydrogen) atoms. The molecule has 9 aromatic rings. The van der Waals surface area contributed by atoms with Gasteiger partial charge in [-0.3, -0.25) is 9.59 Å². The molecule has 3 aliphatic rings. The molecule has 0 atom stereocenters. The maximum Gasteiger partial charge on any atom is 0.319 e. The standard InChI is InChI=1S/C25H28N3OP.C24H27N4OP.C24H26N3OP/c1-26(25(29)22-12-5-2-6-13-22)18-11-21-30-27(23-14-7-3-8-15-23)19-20-28(30)24-16-9-4-10-17-24;29-24(26-21-11-4-1-5-12-21)25-17-10-20-30-27(22-13-6-2-7-14-22)18-19-28(30)23-15-8-3-9-16-23;28-24(21-11-4-1-5-12-21)25-17-10-20-29-26(22-13-6-2-7-14-22)18-19-27(29)23-15-8-3-9-16-23/h2-10,12-17H,11,18-21H2,1H3;1-9,11-16H,10,17-20H2,(H2,25,26,29);1-9,11-16H,10,17-20H2,(H,25,28). The lowest BCUT2D eigenvalue weighted by atomic mass is 10.2. The first-order valence-corrected chi connectivity index (χ1v) is 35.2. The van der Waals surface area contributed by atoms with Crippen LogP contribution in [0.2, 0.25) is 0 Å². The lowest BCUT2D eigenvalue weighted by molar-refractivity contribution is 0.0795. The predicted octanol–water partition coefficient (Wildman–Crippen LogP) is 16.2. The van der Waals surface area contributed by atoms with Gasteiger partial charge in [-0.25, -0.2) is 4.79 Å². The number of anilines is 7. The highest BCUT2D eigenvalue weighted by molar-refractivity contribution is 7.62. The smallest absolute Gasteiger partial charge is 0.319 e. The van der Waals surface area contributed by atoms with E-state index < -0.39 is 24.7 Å². The average Bonchev–Trinajstić information content (AvgIpc) is 2.95. The van der Waals surface area contributed by atoms with Gasteiger partial charge in [0.05, 0.1) is 24.7 Å². The number of para-hydroxylation sites is 7. The number of benzene rings is 9. The Morgan fingerprint density at radius 1 is 0.348 bits per heavy atom. The summed E-state index contributed by atoms with van der Waals surface area (Å²) in [6, 6.07) is 92.4. The quantitative estimate of drug-likeness (QED) is 0.0479. The molecule has 9 aromatic carbocycles. The first-order chi connectivity index (χ1) is 43.9. The number of rotatable bonds is 21. The molecule has 456 valence electrons. The molecule has 3 saturated heterocycles. The van der Waals surface area contributed by atoms with Crippen molar-refractivity contribution in [2.75, 3.05) is 118 Å². The predicted molar refractivity (Wildman–Crippen MR) is 378 cm³/mol. The molecule has 0 radical (unpaired) electrons. The van der Waals surface area contributed by atoms with E-state index in [-0.39, 0.29) is 17.8 Å². The van der Waals surface area contributed by atoms with Crippen LogP contribution in [0.3, 0.4) is 0 Å². The van der Waals surface area contributed by atoms with Crippen LogP contribution in [0, 0.1) is 0 Å². The Balaban J connectivity index is 0.000000147. The van der Waals surface area contributed by atoms with E-state index in [0.29, 0.717) is 13.1 Å². The van der Waals surface area contributed by atoms with Crippen LogP contribution >= 0.6 is 24.7 Å². The second kappa shape index (κ2) is 33.6. The molecule has 3 fully saturated rings. The topological polar surface area (TPSA) is 110 Å². The van der Waals surface area contributed by atoms with Crippen LogP contribution < -0.4 is 44.0 Å². The van der Waals surface area contributed by atoms with Crippen molar-refractivity contribution < 1.29 is 14.4 Å². The van der Waals surface area contributed by atoms with Crippen molar-refractivity contribution >= 4 is 82.3 Å². The van der Waals surface area contributed by atoms with Crippen LogP contribution in [0.5, 0.6) is 0 Å². The Kier molecular flexibility index (Phi) is 23.9. The van der Waals surface area contributed by atoms with Crippen molar-refractivity contribution in [2.45, 2.75) is 19.3 Å². The number of hydrogen-bond acceptors (Lipinski definition) is 9. The molecule has 0 aliphatic carbocycles. The van der Waals surface area contributed by atoms with Crippen LogP contribution in [-0.4, -0.2) is 107 Å². The number of carbonyl (C=O) groups is 3. The van der Waals surface area contributed by atoms with Crippen molar-refractivity contribution in [3.63, 3.8) is 0 Å². The monoisotopic (exact) mass is 1240 g/mol. The Bertz CT molecular complexity index is 3370. The fourth-order valence-electron chi connectivity index (χ4n) is 11.1. The van der Waals surface area contributed by atoms with Gasteiger partial charge < -0.3 is 48.9 Å². The minimum atomic E-state index is -0.509. The van der Waals surface area contributed by atoms with Gasteiger partial charge >= 0.3 is 6.03 Å². The van der Waals surface area contributed by atoms with Gasteiger partial charge in [-0.1, -0.05) is 164 Å². The molecule has 4 amide bonds. The summed E-state index contributed by atoms with van der Waals surface area (Å²) in [6.45, 7) is 8.27. The average molecular weight is 1240 g/mol. The zero-order valence-corrected chi connectivity index (χ0v) is 53.5. The van der Waals surface area contributed by atoms with Gasteiger partial charge in [-0.15, -0.1) is 0 Å². The molecular formula is C73H81N10O3P3. The maximum atomic E-state index is 12.7. The molecule has 0 unspecified atom stereocenters. The number of hydrogen-bond donors (Lipinski definition) is 3. The molecule has 0 aromatic heterocycles. The molecule has 3 aliphatic heterocycles. The number of nitrogens with zero attached hydrogens (tertiary/aromatic N) is 7. The van der Waals surface area contributed by atoms with Crippen molar-refractivity contribution in [3.05, 3.63) is 284 Å². The van der Waals surface area contributed by atoms with Crippen LogP contribution in [-0.2, 0) is 0 Å². The highest BCUT2D eigenvalue weighted by Crippen LogP contribution is 2.55. The summed E-state index contributed by atoms with van der Waals surface area (Å²) in [5, 5.41) is 8.93. The highest BCUT2D eigenvalue weighted by atomic mass is 31.1. The molecular weight excluding hydrogens is 1160 g/mol. The fourth-order valence-corrected chi connectivity index (χ4v) is 19.0. The van der Waals surface area contributed by atoms with Gasteiger partial charge in [-0.2, -0.15) is 0 Å². The third-order valence-electron chi connectivity index (χ3n) is 15.5. The zero-order valence-electron chi connectivity index (χ0n) is 50.8. The maximum absolute atomic E-state index is 12.7. The molecule has 0 bridgehead atoms. The molecule has 13 nitrogen and oxygen atoms in total. The van der Waals surface area contributed by atoms with Crippen LogP contribution in [0.4, 0.5) is 44.6 Å². The van der Waals surface area contributed by atoms with E-state index >= 15 is 0 Å². The number of urea groups is 1. The van der Waals surface area contributed by atoms with E-state index in [9.17, 15) is 14.4 Å². The van der Waals surface area contributed by atoms with E-state index in [1.165, 1.54) is 34.1 Å². The summed E-state index contributed by atoms with van der Waals surface area (Å²) < 4.78 is 15.3. The molecule has 3 N–H and O–H groups in total. The van der Waals surface area contributed by atoms with Gasteiger partial charge in [0.15, 0.2) is 0 Å². The Morgan fingerprint density at radius 2 is 0.618 bits per heavy atom. The minimum Gasteiger partial charge on any atom is -0.352 e. The van der Waals surface area contributed by atoms with Gasteiger partial charge in [-0.05, 0) is 128 Å². The van der Waals surface area contributed by atoms with Crippen LogP contribution in [0.1, 0.15) is 40.0 Å². The second-order valence-electron chi connectivity index (χ2n) is 21.6. The van der Waals surface area contributed by atoms with E-state index in [0.717, 1.165) is 100 Å². The molecule has 16 heteroatoms. The summed E-state index contributed by atoms with van der Waals surface area (Å²) in [6.07, 6.45) is 6.01. The number of nitrogens with one attached hydrogen (secondary N) is 3. The first-order valence-electron chi connectivity index (χ1n) is 30.9. The SMILES string of the molecule is CN(CCCP1N(c2ccccc2)CCN1c1ccccc1)C(=O)c1ccccc1.O=C(NCCCP1N(c2ccccc2)CCN1c1ccccc1)Nc1ccccc1.O=C(NCCCP1N(c2ccccc2)CCN1c1ccccc1)c1ccccc1. The third-order valence-corrected chi connectivity index (χ3v) is 23.6. The van der Waals surface area contributed by atoms with Gasteiger partial charge in [0.25, 0.3) is 11.8 Å². The van der Waals surface area contributed by atoms with Gasteiger partial charge in [0.2, 0.25) is 0 Å². The van der Waals surface area contributed by atoms with Crippen LogP contribution in [0.15, 0.2) is 273 Å². The van der Waals surface area contributed by atoms with E-state index in [2.05, 4.69) is 226 Å². The van der Waals surface area contributed by atoms with Crippen molar-refractivity contribution in [1.82, 2.24) is 15.5 Å². The fraction of sp³-hybridized carbons (Fsp3) is 0.219. The van der Waals surface area contributed by atoms with Crippen molar-refractivity contribution in [3.8, 4) is 0 Å². The van der Waals surface area contributed by atoms with Crippen LogP contribution in [0.25, 0.3) is 0 Å². The summed E-state index contributed by atoms with van der Waals surface area (Å²) in [5.74, 6) is 0.0965. The summed E-state index contributed by atoms with van der Waals surface area (Å²) >= 11 is 0. The van der Waals surface area contributed by atoms with E-state index in [1.807, 2.05) is 103 Å². The van der Waals surface area contributed by atoms with Crippen molar-refractivity contribution in [1.29, 1.82) is 0 Å². The Labute approximate surface area is 530 Å². The minimum absolute atomic E-state index is 0.00429. The summed E-state index contributed by atoms with van der Waals surface area (Å²) in [4.78, 5) is 38.9. The van der Waals surface area contributed by atoms with Gasteiger partial charge in [0, 0.05) is 135 Å². The largest absolute Gasteiger partial charge is 0.352 e.